The number of anilines is 1. The standard InChI is InChI=1S/C25H23N5O4/c1-29(2)15-22(31)26-17-8-10-18(11-9-17)27-24(16-6-4-3-5-7-16)23-20-14-19(30(33)34)12-13-21(20)28-25(23)32/h3-14,28,32H,15H2,1-2H3,(H,26,31). The van der Waals surface area contributed by atoms with Gasteiger partial charge in [-0.2, -0.15) is 0 Å². The van der Waals surface area contributed by atoms with E-state index in [1.165, 1.54) is 12.1 Å². The third kappa shape index (κ3) is 4.94. The summed E-state index contributed by atoms with van der Waals surface area (Å²) in [6, 6.07) is 20.6. The van der Waals surface area contributed by atoms with Gasteiger partial charge in [-0.1, -0.05) is 30.3 Å². The number of carbonyl (C=O) groups is 1. The molecule has 0 aliphatic heterocycles. The van der Waals surface area contributed by atoms with E-state index in [4.69, 9.17) is 4.99 Å². The van der Waals surface area contributed by atoms with Gasteiger partial charge in [0.25, 0.3) is 5.69 Å². The molecule has 9 heteroatoms. The number of aromatic amines is 1. The number of non-ortho nitro benzene ring substituents is 1. The summed E-state index contributed by atoms with van der Waals surface area (Å²) in [6.45, 7) is 0.268. The largest absolute Gasteiger partial charge is 0.494 e. The molecule has 0 unspecified atom stereocenters. The van der Waals surface area contributed by atoms with Gasteiger partial charge in [0.1, 0.15) is 0 Å². The molecule has 0 aliphatic carbocycles. The topological polar surface area (TPSA) is 124 Å². The highest BCUT2D eigenvalue weighted by atomic mass is 16.6. The number of nitrogens with zero attached hydrogens (tertiary/aromatic N) is 3. The Labute approximate surface area is 195 Å². The minimum Gasteiger partial charge on any atom is -0.494 e. The Morgan fingerprint density at radius 3 is 2.44 bits per heavy atom. The van der Waals surface area contributed by atoms with E-state index in [0.717, 1.165) is 5.56 Å². The zero-order chi connectivity index (χ0) is 24.2. The fraction of sp³-hybridized carbons (Fsp3) is 0.120. The number of hydrogen-bond donors (Lipinski definition) is 3. The van der Waals surface area contributed by atoms with Crippen LogP contribution in [0.4, 0.5) is 17.1 Å². The average Bonchev–Trinajstić information content (AvgIpc) is 3.13. The molecule has 1 aromatic heterocycles. The van der Waals surface area contributed by atoms with Crippen LogP contribution in [0.5, 0.6) is 5.88 Å². The van der Waals surface area contributed by atoms with E-state index in [1.807, 2.05) is 44.4 Å². The molecule has 1 amide bonds. The number of aromatic hydroxyl groups is 1. The lowest BCUT2D eigenvalue weighted by atomic mass is 10.0. The van der Waals surface area contributed by atoms with Crippen LogP contribution in [0.3, 0.4) is 0 Å². The summed E-state index contributed by atoms with van der Waals surface area (Å²) in [5.74, 6) is -0.262. The first-order valence-corrected chi connectivity index (χ1v) is 10.5. The summed E-state index contributed by atoms with van der Waals surface area (Å²) >= 11 is 0. The summed E-state index contributed by atoms with van der Waals surface area (Å²) in [5, 5.41) is 25.4. The number of H-pyrrole nitrogens is 1. The highest BCUT2D eigenvalue weighted by molar-refractivity contribution is 6.22. The molecule has 0 saturated carbocycles. The number of fused-ring (bicyclic) bond motifs is 1. The highest BCUT2D eigenvalue weighted by Gasteiger charge is 2.20. The first-order chi connectivity index (χ1) is 16.3. The molecule has 3 aromatic carbocycles. The second kappa shape index (κ2) is 9.55. The molecule has 0 spiro atoms. The number of carbonyl (C=O) groups excluding carboxylic acids is 1. The number of hydrogen-bond acceptors (Lipinski definition) is 6. The molecule has 0 atom stereocenters. The predicted octanol–water partition coefficient (Wildman–Crippen LogP) is 4.45. The SMILES string of the molecule is CN(C)CC(=O)Nc1ccc(N=C(c2ccccc2)c2c(O)[nH]c3ccc([N+](=O)[O-])cc23)cc1. The van der Waals surface area contributed by atoms with Crippen molar-refractivity contribution in [3.05, 3.63) is 94.0 Å². The zero-order valence-corrected chi connectivity index (χ0v) is 18.6. The third-order valence-electron chi connectivity index (χ3n) is 5.11. The van der Waals surface area contributed by atoms with E-state index in [0.29, 0.717) is 33.6 Å². The van der Waals surface area contributed by atoms with Crippen molar-refractivity contribution >= 4 is 39.6 Å². The second-order valence-corrected chi connectivity index (χ2v) is 7.99. The summed E-state index contributed by atoms with van der Waals surface area (Å²) in [6.07, 6.45) is 0. The van der Waals surface area contributed by atoms with Gasteiger partial charge in [-0.05, 0) is 44.4 Å². The van der Waals surface area contributed by atoms with E-state index in [9.17, 15) is 20.0 Å². The van der Waals surface area contributed by atoms with Crippen molar-refractivity contribution in [3.8, 4) is 5.88 Å². The number of aliphatic imine (C=N–C) groups is 1. The van der Waals surface area contributed by atoms with Crippen LogP contribution in [0, 0.1) is 10.1 Å². The third-order valence-corrected chi connectivity index (χ3v) is 5.11. The number of rotatable bonds is 7. The molecular weight excluding hydrogens is 434 g/mol. The quantitative estimate of drug-likeness (QED) is 0.215. The molecule has 3 N–H and O–H groups in total. The van der Waals surface area contributed by atoms with E-state index in [2.05, 4.69) is 10.3 Å². The summed E-state index contributed by atoms with van der Waals surface area (Å²) in [5.41, 5.74) is 3.25. The van der Waals surface area contributed by atoms with E-state index < -0.39 is 4.92 Å². The van der Waals surface area contributed by atoms with Gasteiger partial charge >= 0.3 is 0 Å². The monoisotopic (exact) mass is 457 g/mol. The van der Waals surface area contributed by atoms with E-state index in [-0.39, 0.29) is 24.0 Å². The fourth-order valence-corrected chi connectivity index (χ4v) is 3.62. The lowest BCUT2D eigenvalue weighted by Crippen LogP contribution is -2.26. The van der Waals surface area contributed by atoms with Crippen molar-refractivity contribution in [1.29, 1.82) is 0 Å². The molecule has 0 bridgehead atoms. The van der Waals surface area contributed by atoms with Crippen LogP contribution in [0.25, 0.3) is 10.9 Å². The van der Waals surface area contributed by atoms with Crippen LogP contribution < -0.4 is 5.32 Å². The van der Waals surface area contributed by atoms with E-state index in [1.54, 1.807) is 35.2 Å². The Hall–Kier alpha value is -4.50. The van der Waals surface area contributed by atoms with Crippen LogP contribution in [0.2, 0.25) is 0 Å². The van der Waals surface area contributed by atoms with Crippen LogP contribution in [-0.4, -0.2) is 52.2 Å². The maximum absolute atomic E-state index is 12.0. The summed E-state index contributed by atoms with van der Waals surface area (Å²) < 4.78 is 0. The maximum atomic E-state index is 12.0. The van der Waals surface area contributed by atoms with Crippen LogP contribution >= 0.6 is 0 Å². The zero-order valence-electron chi connectivity index (χ0n) is 18.6. The van der Waals surface area contributed by atoms with Crippen molar-refractivity contribution in [3.63, 3.8) is 0 Å². The molecule has 4 aromatic rings. The number of nitro benzene ring substituents is 1. The lowest BCUT2D eigenvalue weighted by Gasteiger charge is -2.11. The van der Waals surface area contributed by atoms with Gasteiger partial charge < -0.3 is 20.3 Å². The van der Waals surface area contributed by atoms with Gasteiger partial charge in [-0.15, -0.1) is 0 Å². The second-order valence-electron chi connectivity index (χ2n) is 7.99. The lowest BCUT2D eigenvalue weighted by molar-refractivity contribution is -0.384. The van der Waals surface area contributed by atoms with Crippen molar-refractivity contribution < 1.29 is 14.8 Å². The maximum Gasteiger partial charge on any atom is 0.270 e. The smallest absolute Gasteiger partial charge is 0.270 e. The molecule has 1 heterocycles. The first-order valence-electron chi connectivity index (χ1n) is 10.5. The Bertz CT molecular complexity index is 1380. The summed E-state index contributed by atoms with van der Waals surface area (Å²) in [7, 11) is 3.63. The van der Waals surface area contributed by atoms with Gasteiger partial charge in [-0.3, -0.25) is 14.9 Å². The van der Waals surface area contributed by atoms with Gasteiger partial charge in [0.05, 0.1) is 28.4 Å². The van der Waals surface area contributed by atoms with Crippen molar-refractivity contribution in [2.45, 2.75) is 0 Å². The minimum absolute atomic E-state index is 0.0852. The number of aromatic nitrogens is 1. The number of amides is 1. The number of nitro groups is 1. The average molecular weight is 457 g/mol. The van der Waals surface area contributed by atoms with Crippen LogP contribution in [0.15, 0.2) is 77.8 Å². The van der Waals surface area contributed by atoms with Crippen LogP contribution in [-0.2, 0) is 4.79 Å². The van der Waals surface area contributed by atoms with Gasteiger partial charge in [-0.25, -0.2) is 4.99 Å². The molecule has 0 aliphatic rings. The van der Waals surface area contributed by atoms with Gasteiger partial charge in [0.2, 0.25) is 5.91 Å². The molecule has 0 fully saturated rings. The number of likely N-dealkylation sites (N-methyl/N-ethyl adjacent to an activating group) is 1. The summed E-state index contributed by atoms with van der Waals surface area (Å²) in [4.78, 5) is 32.3. The normalized spacial score (nSPS) is 11.7. The van der Waals surface area contributed by atoms with Crippen molar-refractivity contribution in [2.24, 2.45) is 4.99 Å². The van der Waals surface area contributed by atoms with E-state index >= 15 is 0 Å². The van der Waals surface area contributed by atoms with Gasteiger partial charge in [0.15, 0.2) is 5.88 Å². The minimum atomic E-state index is -0.476. The molecule has 0 radical (unpaired) electrons. The molecule has 0 saturated heterocycles. The Morgan fingerprint density at radius 1 is 1.09 bits per heavy atom. The molecule has 172 valence electrons. The first kappa shape index (κ1) is 22.7. The number of benzene rings is 3. The Morgan fingerprint density at radius 2 is 1.79 bits per heavy atom. The van der Waals surface area contributed by atoms with Crippen molar-refractivity contribution in [1.82, 2.24) is 9.88 Å². The molecule has 9 nitrogen and oxygen atoms in total. The molecule has 34 heavy (non-hydrogen) atoms. The fourth-order valence-electron chi connectivity index (χ4n) is 3.62. The van der Waals surface area contributed by atoms with Gasteiger partial charge in [0, 0.05) is 34.3 Å². The molecule has 4 rings (SSSR count). The van der Waals surface area contributed by atoms with Crippen molar-refractivity contribution in [2.75, 3.05) is 26.0 Å². The number of nitrogens with one attached hydrogen (secondary N) is 2. The van der Waals surface area contributed by atoms with Crippen LogP contribution in [0.1, 0.15) is 11.1 Å². The highest BCUT2D eigenvalue weighted by Crippen LogP contribution is 2.33. The Kier molecular flexibility index (Phi) is 6.37. The predicted molar refractivity (Wildman–Crippen MR) is 132 cm³/mol. The molecular formula is C25H23N5O4. The Balaban J connectivity index is 1.78.